The van der Waals surface area contributed by atoms with E-state index in [1.165, 1.54) is 38.4 Å². The van der Waals surface area contributed by atoms with Crippen LogP contribution in [0.5, 0.6) is 0 Å². The van der Waals surface area contributed by atoms with Gasteiger partial charge in [-0.15, -0.1) is 0 Å². The highest BCUT2D eigenvalue weighted by Gasteiger charge is 2.17. The molecule has 0 fully saturated rings. The van der Waals surface area contributed by atoms with E-state index in [4.69, 9.17) is 0 Å². The summed E-state index contributed by atoms with van der Waals surface area (Å²) in [5.41, 5.74) is 0.353. The maximum Gasteiger partial charge on any atom is 0.251 e. The second kappa shape index (κ2) is 6.83. The number of nitrogens with zero attached hydrogens (tertiary/aromatic N) is 1. The number of sulfonamides is 1. The minimum absolute atomic E-state index is 0.132. The van der Waals surface area contributed by atoms with Crippen LogP contribution in [0.4, 0.5) is 0 Å². The highest BCUT2D eigenvalue weighted by Crippen LogP contribution is 2.13. The Morgan fingerprint density at radius 2 is 1.85 bits per heavy atom. The van der Waals surface area contributed by atoms with Crippen molar-refractivity contribution < 1.29 is 18.3 Å². The van der Waals surface area contributed by atoms with Crippen molar-refractivity contribution in [2.45, 2.75) is 24.3 Å². The third-order valence-electron chi connectivity index (χ3n) is 2.86. The molecular weight excluding hydrogens is 280 g/mol. The van der Waals surface area contributed by atoms with Crippen LogP contribution in [0.1, 0.15) is 23.7 Å². The molecule has 2 N–H and O–H groups in total. The molecule has 6 nitrogen and oxygen atoms in total. The standard InChI is InChI=1S/C13H20N2O4S/c1-4-11(16)9-14-13(17)10-5-7-12(8-6-10)20(18,19)15(2)3/h5-8,11,16H,4,9H2,1-3H3,(H,14,17). The molecule has 1 aromatic rings. The van der Waals surface area contributed by atoms with E-state index in [2.05, 4.69) is 5.32 Å². The van der Waals surface area contributed by atoms with Gasteiger partial charge < -0.3 is 10.4 Å². The molecule has 0 bridgehead atoms. The van der Waals surface area contributed by atoms with Gasteiger partial charge in [-0.25, -0.2) is 12.7 Å². The predicted molar refractivity (Wildman–Crippen MR) is 75.9 cm³/mol. The SMILES string of the molecule is CCC(O)CNC(=O)c1ccc(S(=O)(=O)N(C)C)cc1. The Labute approximate surface area is 119 Å². The van der Waals surface area contributed by atoms with Crippen LogP contribution in [0.3, 0.4) is 0 Å². The van der Waals surface area contributed by atoms with Crippen molar-refractivity contribution >= 4 is 15.9 Å². The van der Waals surface area contributed by atoms with Crippen LogP contribution in [0.2, 0.25) is 0 Å². The van der Waals surface area contributed by atoms with Crippen LogP contribution in [0.15, 0.2) is 29.2 Å². The number of benzene rings is 1. The number of hydrogen-bond donors (Lipinski definition) is 2. The van der Waals surface area contributed by atoms with Crippen LogP contribution in [-0.2, 0) is 10.0 Å². The van der Waals surface area contributed by atoms with Crippen LogP contribution in [0, 0.1) is 0 Å². The molecule has 0 aliphatic heterocycles. The lowest BCUT2D eigenvalue weighted by atomic mass is 10.2. The number of carbonyl (C=O) groups excluding carboxylic acids is 1. The van der Waals surface area contributed by atoms with E-state index in [1.807, 2.05) is 6.92 Å². The van der Waals surface area contributed by atoms with Gasteiger partial charge in [-0.1, -0.05) is 6.92 Å². The summed E-state index contributed by atoms with van der Waals surface area (Å²) in [6.45, 7) is 1.99. The largest absolute Gasteiger partial charge is 0.391 e. The lowest BCUT2D eigenvalue weighted by Crippen LogP contribution is -2.31. The lowest BCUT2D eigenvalue weighted by molar-refractivity contribution is 0.0914. The van der Waals surface area contributed by atoms with Crippen molar-refractivity contribution in [2.24, 2.45) is 0 Å². The maximum absolute atomic E-state index is 11.9. The fourth-order valence-electron chi connectivity index (χ4n) is 1.45. The summed E-state index contributed by atoms with van der Waals surface area (Å²) in [5, 5.41) is 11.9. The molecule has 0 aromatic heterocycles. The quantitative estimate of drug-likeness (QED) is 0.798. The van der Waals surface area contributed by atoms with Gasteiger partial charge in [-0.2, -0.15) is 0 Å². The monoisotopic (exact) mass is 300 g/mol. The van der Waals surface area contributed by atoms with Crippen LogP contribution < -0.4 is 5.32 Å². The fraction of sp³-hybridized carbons (Fsp3) is 0.462. The minimum Gasteiger partial charge on any atom is -0.391 e. The number of hydrogen-bond acceptors (Lipinski definition) is 4. The van der Waals surface area contributed by atoms with E-state index in [9.17, 15) is 18.3 Å². The zero-order valence-corrected chi connectivity index (χ0v) is 12.6. The van der Waals surface area contributed by atoms with Gasteiger partial charge in [-0.05, 0) is 30.7 Å². The van der Waals surface area contributed by atoms with Gasteiger partial charge in [0.2, 0.25) is 10.0 Å². The first-order valence-corrected chi connectivity index (χ1v) is 7.72. The van der Waals surface area contributed by atoms with Crippen LogP contribution >= 0.6 is 0 Å². The molecule has 20 heavy (non-hydrogen) atoms. The Hall–Kier alpha value is -1.44. The lowest BCUT2D eigenvalue weighted by Gasteiger charge is -2.12. The summed E-state index contributed by atoms with van der Waals surface area (Å²) in [4.78, 5) is 11.9. The van der Waals surface area contributed by atoms with Crippen molar-refractivity contribution in [3.63, 3.8) is 0 Å². The Morgan fingerprint density at radius 3 is 2.30 bits per heavy atom. The molecule has 0 saturated heterocycles. The van der Waals surface area contributed by atoms with Crippen LogP contribution in [0.25, 0.3) is 0 Å². The summed E-state index contributed by atoms with van der Waals surface area (Å²) >= 11 is 0. The molecule has 0 radical (unpaired) electrons. The molecule has 0 aliphatic rings. The van der Waals surface area contributed by atoms with E-state index in [0.29, 0.717) is 12.0 Å². The average molecular weight is 300 g/mol. The minimum atomic E-state index is -3.49. The van der Waals surface area contributed by atoms with E-state index in [0.717, 1.165) is 4.31 Å². The Kier molecular flexibility index (Phi) is 5.67. The number of amides is 1. The van der Waals surface area contributed by atoms with Crippen molar-refractivity contribution in [1.82, 2.24) is 9.62 Å². The van der Waals surface area contributed by atoms with Gasteiger partial charge in [0, 0.05) is 26.2 Å². The zero-order chi connectivity index (χ0) is 15.3. The summed E-state index contributed by atoms with van der Waals surface area (Å²) < 4.78 is 24.8. The molecule has 1 atom stereocenters. The molecular formula is C13H20N2O4S. The van der Waals surface area contributed by atoms with E-state index < -0.39 is 16.1 Å². The smallest absolute Gasteiger partial charge is 0.251 e. The maximum atomic E-state index is 11.9. The molecule has 1 aromatic carbocycles. The van der Waals surface area contributed by atoms with Gasteiger partial charge in [-0.3, -0.25) is 4.79 Å². The molecule has 0 spiro atoms. The molecule has 7 heteroatoms. The molecule has 0 aliphatic carbocycles. The van der Waals surface area contributed by atoms with E-state index >= 15 is 0 Å². The highest BCUT2D eigenvalue weighted by atomic mass is 32.2. The average Bonchev–Trinajstić information content (AvgIpc) is 2.44. The second-order valence-corrected chi connectivity index (χ2v) is 6.74. The highest BCUT2D eigenvalue weighted by molar-refractivity contribution is 7.89. The summed E-state index contributed by atoms with van der Waals surface area (Å²) in [5.74, 6) is -0.341. The van der Waals surface area contributed by atoms with Crippen molar-refractivity contribution in [2.75, 3.05) is 20.6 Å². The molecule has 1 unspecified atom stereocenters. The van der Waals surface area contributed by atoms with Gasteiger partial charge in [0.15, 0.2) is 0 Å². The van der Waals surface area contributed by atoms with Gasteiger partial charge in [0.25, 0.3) is 5.91 Å². The number of rotatable bonds is 6. The first-order valence-electron chi connectivity index (χ1n) is 6.28. The number of carbonyl (C=O) groups is 1. The third kappa shape index (κ3) is 4.03. The predicted octanol–water partition coefficient (Wildman–Crippen LogP) is 0.438. The first-order chi connectivity index (χ1) is 9.28. The topological polar surface area (TPSA) is 86.7 Å². The van der Waals surface area contributed by atoms with Gasteiger partial charge in [0.05, 0.1) is 11.0 Å². The molecule has 0 saturated carbocycles. The van der Waals surface area contributed by atoms with Crippen molar-refractivity contribution in [1.29, 1.82) is 0 Å². The third-order valence-corrected chi connectivity index (χ3v) is 4.69. The molecule has 1 rings (SSSR count). The summed E-state index contributed by atoms with van der Waals surface area (Å²) in [7, 11) is -0.594. The fourth-order valence-corrected chi connectivity index (χ4v) is 2.35. The Balaban J connectivity index is 2.79. The van der Waals surface area contributed by atoms with Crippen LogP contribution in [-0.4, -0.2) is 50.5 Å². The first kappa shape index (κ1) is 16.6. The van der Waals surface area contributed by atoms with Gasteiger partial charge >= 0.3 is 0 Å². The molecule has 0 heterocycles. The Morgan fingerprint density at radius 1 is 1.30 bits per heavy atom. The number of nitrogens with one attached hydrogen (secondary N) is 1. The zero-order valence-electron chi connectivity index (χ0n) is 11.8. The molecule has 112 valence electrons. The summed E-state index contributed by atoms with van der Waals surface area (Å²) in [6, 6.07) is 5.68. The van der Waals surface area contributed by atoms with E-state index in [1.54, 1.807) is 0 Å². The second-order valence-electron chi connectivity index (χ2n) is 4.58. The Bertz CT molecular complexity index is 552. The van der Waals surface area contributed by atoms with Gasteiger partial charge in [0.1, 0.15) is 0 Å². The molecule has 1 amide bonds. The van der Waals surface area contributed by atoms with Crippen molar-refractivity contribution in [3.05, 3.63) is 29.8 Å². The number of aliphatic hydroxyl groups is 1. The normalized spacial score (nSPS) is 13.2. The summed E-state index contributed by atoms with van der Waals surface area (Å²) in [6.07, 6.45) is -0.0207. The van der Waals surface area contributed by atoms with E-state index in [-0.39, 0.29) is 17.3 Å². The van der Waals surface area contributed by atoms with Crippen molar-refractivity contribution in [3.8, 4) is 0 Å². The number of aliphatic hydroxyl groups excluding tert-OH is 1.